The molecular formula is C18H24BrN3O2. The van der Waals surface area contributed by atoms with Crippen LogP contribution in [-0.2, 0) is 13.1 Å². The number of benzene rings is 1. The molecule has 2 aromatic rings. The zero-order valence-corrected chi connectivity index (χ0v) is 15.8. The third-order valence-electron chi connectivity index (χ3n) is 4.12. The van der Waals surface area contributed by atoms with Crippen molar-refractivity contribution in [2.75, 3.05) is 19.8 Å². The molecule has 1 aliphatic heterocycles. The molecule has 0 bridgehead atoms. The molecule has 24 heavy (non-hydrogen) atoms. The minimum Gasteiger partial charge on any atom is -0.490 e. The van der Waals surface area contributed by atoms with E-state index in [0.29, 0.717) is 19.1 Å². The first kappa shape index (κ1) is 17.3. The van der Waals surface area contributed by atoms with Crippen molar-refractivity contribution < 1.29 is 9.47 Å². The van der Waals surface area contributed by atoms with Crippen LogP contribution in [0.4, 0.5) is 0 Å². The highest BCUT2D eigenvalue weighted by Gasteiger charge is 2.15. The summed E-state index contributed by atoms with van der Waals surface area (Å²) in [7, 11) is 0. The second kappa shape index (κ2) is 8.03. The van der Waals surface area contributed by atoms with Gasteiger partial charge in [-0.1, -0.05) is 6.92 Å². The highest BCUT2D eigenvalue weighted by Crippen LogP contribution is 2.38. The second-order valence-corrected chi connectivity index (χ2v) is 7.17. The number of rotatable bonds is 6. The number of aryl methyl sites for hydroxylation is 1. The number of nitrogens with one attached hydrogen (secondary N) is 1. The maximum atomic E-state index is 5.79. The minimum atomic E-state index is 0.529. The predicted octanol–water partition coefficient (Wildman–Crippen LogP) is 3.54. The fourth-order valence-electron chi connectivity index (χ4n) is 2.85. The van der Waals surface area contributed by atoms with Crippen molar-refractivity contribution in [3.8, 4) is 11.5 Å². The largest absolute Gasteiger partial charge is 0.490 e. The summed E-state index contributed by atoms with van der Waals surface area (Å²) in [5.41, 5.74) is 1.19. The second-order valence-electron chi connectivity index (χ2n) is 6.32. The predicted molar refractivity (Wildman–Crippen MR) is 97.6 cm³/mol. The molecule has 0 radical (unpaired) electrons. The molecular weight excluding hydrogens is 370 g/mol. The van der Waals surface area contributed by atoms with E-state index >= 15 is 0 Å². The topological polar surface area (TPSA) is 48.3 Å². The van der Waals surface area contributed by atoms with Gasteiger partial charge < -0.3 is 19.4 Å². The van der Waals surface area contributed by atoms with E-state index in [4.69, 9.17) is 9.47 Å². The van der Waals surface area contributed by atoms with E-state index in [1.165, 1.54) is 5.56 Å². The van der Waals surface area contributed by atoms with Crippen molar-refractivity contribution in [2.45, 2.75) is 33.4 Å². The van der Waals surface area contributed by atoms with Crippen molar-refractivity contribution in [3.05, 3.63) is 40.4 Å². The molecule has 5 nitrogen and oxygen atoms in total. The number of hydrogen-bond donors (Lipinski definition) is 1. The van der Waals surface area contributed by atoms with Crippen LogP contribution in [0.25, 0.3) is 0 Å². The molecule has 1 aliphatic rings. The van der Waals surface area contributed by atoms with Crippen LogP contribution in [-0.4, -0.2) is 29.3 Å². The highest BCUT2D eigenvalue weighted by atomic mass is 79.9. The van der Waals surface area contributed by atoms with Crippen LogP contribution in [0, 0.1) is 12.8 Å². The highest BCUT2D eigenvalue weighted by molar-refractivity contribution is 9.10. The molecule has 1 aromatic carbocycles. The Bertz CT molecular complexity index is 687. The summed E-state index contributed by atoms with van der Waals surface area (Å²) in [6, 6.07) is 4.17. The molecule has 1 N–H and O–H groups in total. The van der Waals surface area contributed by atoms with Gasteiger partial charge in [-0.3, -0.25) is 0 Å². The zero-order valence-electron chi connectivity index (χ0n) is 14.2. The van der Waals surface area contributed by atoms with Gasteiger partial charge in [-0.05, 0) is 53.0 Å². The van der Waals surface area contributed by atoms with Crippen LogP contribution < -0.4 is 14.8 Å². The summed E-state index contributed by atoms with van der Waals surface area (Å²) in [6.07, 6.45) is 4.80. The van der Waals surface area contributed by atoms with Crippen molar-refractivity contribution in [1.82, 2.24) is 14.9 Å². The Hall–Kier alpha value is -1.53. The SMILES string of the molecule is Cc1nccn1CC(C)CNCc1cc(Br)c2c(c1)OCCCO2. The quantitative estimate of drug-likeness (QED) is 0.814. The molecule has 2 heterocycles. The summed E-state index contributed by atoms with van der Waals surface area (Å²) in [4.78, 5) is 4.27. The fourth-order valence-corrected chi connectivity index (χ4v) is 3.45. The molecule has 0 saturated carbocycles. The van der Waals surface area contributed by atoms with E-state index < -0.39 is 0 Å². The van der Waals surface area contributed by atoms with Crippen LogP contribution in [0.2, 0.25) is 0 Å². The molecule has 130 valence electrons. The molecule has 1 unspecified atom stereocenters. The van der Waals surface area contributed by atoms with Gasteiger partial charge in [0.05, 0.1) is 17.7 Å². The van der Waals surface area contributed by atoms with E-state index in [1.54, 1.807) is 0 Å². The number of nitrogens with zero attached hydrogens (tertiary/aromatic N) is 2. The molecule has 1 aromatic heterocycles. The van der Waals surface area contributed by atoms with E-state index in [1.807, 2.05) is 19.3 Å². The van der Waals surface area contributed by atoms with Gasteiger partial charge in [0.15, 0.2) is 11.5 Å². The summed E-state index contributed by atoms with van der Waals surface area (Å²) < 4.78 is 14.7. The van der Waals surface area contributed by atoms with Gasteiger partial charge in [0.1, 0.15) is 5.82 Å². The summed E-state index contributed by atoms with van der Waals surface area (Å²) in [6.45, 7) is 8.42. The summed E-state index contributed by atoms with van der Waals surface area (Å²) in [5, 5.41) is 3.53. The lowest BCUT2D eigenvalue weighted by molar-refractivity contribution is 0.296. The number of aromatic nitrogens is 2. The maximum absolute atomic E-state index is 5.79. The van der Waals surface area contributed by atoms with Crippen LogP contribution in [0.15, 0.2) is 29.0 Å². The standard InChI is InChI=1S/C18H24BrN3O2/c1-13(12-22-5-4-21-14(22)2)10-20-11-15-8-16(19)18-17(9-15)23-6-3-7-24-18/h4-5,8-9,13,20H,3,6-7,10-12H2,1-2H3. The van der Waals surface area contributed by atoms with E-state index in [-0.39, 0.29) is 0 Å². The van der Waals surface area contributed by atoms with Crippen molar-refractivity contribution in [2.24, 2.45) is 5.92 Å². The molecule has 0 spiro atoms. The van der Waals surface area contributed by atoms with Gasteiger partial charge in [-0.2, -0.15) is 0 Å². The van der Waals surface area contributed by atoms with Gasteiger partial charge in [0.2, 0.25) is 0 Å². The van der Waals surface area contributed by atoms with Crippen LogP contribution in [0.5, 0.6) is 11.5 Å². The Labute approximate surface area is 151 Å². The summed E-state index contributed by atoms with van der Waals surface area (Å²) >= 11 is 3.59. The summed E-state index contributed by atoms with van der Waals surface area (Å²) in [5.74, 6) is 3.25. The zero-order chi connectivity index (χ0) is 16.9. The first-order valence-electron chi connectivity index (χ1n) is 8.40. The van der Waals surface area contributed by atoms with Gasteiger partial charge in [-0.15, -0.1) is 0 Å². The number of imidazole rings is 1. The smallest absolute Gasteiger partial charge is 0.175 e. The average molecular weight is 394 g/mol. The lowest BCUT2D eigenvalue weighted by Gasteiger charge is -2.16. The van der Waals surface area contributed by atoms with Gasteiger partial charge in [-0.25, -0.2) is 4.98 Å². The molecule has 0 saturated heterocycles. The van der Waals surface area contributed by atoms with Crippen LogP contribution in [0.3, 0.4) is 0 Å². The Morgan fingerprint density at radius 2 is 2.17 bits per heavy atom. The molecule has 0 aliphatic carbocycles. The fraction of sp³-hybridized carbons (Fsp3) is 0.500. The van der Waals surface area contributed by atoms with Gasteiger partial charge in [0, 0.05) is 31.9 Å². The van der Waals surface area contributed by atoms with Gasteiger partial charge >= 0.3 is 0 Å². The molecule has 1 atom stereocenters. The Balaban J connectivity index is 1.54. The average Bonchev–Trinajstić information content (AvgIpc) is 2.81. The van der Waals surface area contributed by atoms with Gasteiger partial charge in [0.25, 0.3) is 0 Å². The number of halogens is 1. The Morgan fingerprint density at radius 3 is 2.96 bits per heavy atom. The first-order chi connectivity index (χ1) is 11.6. The number of ether oxygens (including phenoxy) is 2. The normalized spacial score (nSPS) is 15.1. The lowest BCUT2D eigenvalue weighted by Crippen LogP contribution is -2.24. The Morgan fingerprint density at radius 1 is 1.33 bits per heavy atom. The molecule has 0 fully saturated rings. The Kier molecular flexibility index (Phi) is 5.79. The van der Waals surface area contributed by atoms with E-state index in [2.05, 4.69) is 49.9 Å². The van der Waals surface area contributed by atoms with Crippen molar-refractivity contribution in [1.29, 1.82) is 0 Å². The third-order valence-corrected chi connectivity index (χ3v) is 4.70. The molecule has 0 amide bonds. The van der Waals surface area contributed by atoms with Crippen molar-refractivity contribution >= 4 is 15.9 Å². The monoisotopic (exact) mass is 393 g/mol. The van der Waals surface area contributed by atoms with Crippen LogP contribution >= 0.6 is 15.9 Å². The maximum Gasteiger partial charge on any atom is 0.175 e. The minimum absolute atomic E-state index is 0.529. The van der Waals surface area contributed by atoms with E-state index in [0.717, 1.165) is 47.9 Å². The first-order valence-corrected chi connectivity index (χ1v) is 9.19. The lowest BCUT2D eigenvalue weighted by atomic mass is 10.1. The molecule has 3 rings (SSSR count). The van der Waals surface area contributed by atoms with Crippen LogP contribution in [0.1, 0.15) is 24.7 Å². The number of hydrogen-bond acceptors (Lipinski definition) is 4. The number of fused-ring (bicyclic) bond motifs is 1. The van der Waals surface area contributed by atoms with E-state index in [9.17, 15) is 0 Å². The van der Waals surface area contributed by atoms with Crippen molar-refractivity contribution in [3.63, 3.8) is 0 Å². The third kappa shape index (κ3) is 4.30. The molecule has 6 heteroatoms.